The minimum atomic E-state index is -1.29. The normalized spacial score (nSPS) is 15.9. The Labute approximate surface area is 189 Å². The van der Waals surface area contributed by atoms with Crippen LogP contribution in [-0.4, -0.2) is 45.0 Å². The molecule has 1 aliphatic rings. The fraction of sp³-hybridized carbons (Fsp3) is 0.333. The highest BCUT2D eigenvalue weighted by Gasteiger charge is 2.27. The lowest BCUT2D eigenvalue weighted by atomic mass is 9.92. The fourth-order valence-corrected chi connectivity index (χ4v) is 4.13. The summed E-state index contributed by atoms with van der Waals surface area (Å²) >= 11 is 0. The number of nitrogens with one attached hydrogen (secondary N) is 1. The van der Waals surface area contributed by atoms with E-state index in [-0.39, 0.29) is 23.2 Å². The van der Waals surface area contributed by atoms with Gasteiger partial charge in [0.1, 0.15) is 5.82 Å². The van der Waals surface area contributed by atoms with Gasteiger partial charge in [-0.3, -0.25) is 14.7 Å². The molecule has 3 aromatic rings. The average Bonchev–Trinajstić information content (AvgIpc) is 2.85. The Bertz CT molecular complexity index is 1120. The van der Waals surface area contributed by atoms with Gasteiger partial charge < -0.3 is 5.32 Å². The van der Waals surface area contributed by atoms with Crippen LogP contribution in [0.25, 0.3) is 11.3 Å². The summed E-state index contributed by atoms with van der Waals surface area (Å²) in [4.78, 5) is 27.5. The van der Waals surface area contributed by atoms with E-state index in [1.807, 2.05) is 25.1 Å². The van der Waals surface area contributed by atoms with Gasteiger partial charge in [0.05, 0.1) is 11.9 Å². The molecule has 1 unspecified atom stereocenters. The summed E-state index contributed by atoms with van der Waals surface area (Å²) < 4.78 is 41.0. The van der Waals surface area contributed by atoms with Crippen LogP contribution in [0.3, 0.4) is 0 Å². The molecule has 0 bridgehead atoms. The number of nitrogens with zero attached hydrogens (tertiary/aromatic N) is 4. The standard InChI is InChI=1S/C24H24F3N5O/c1-2-22(32-11-7-15(8-12-32)20-5-3-4-9-28-20)31-24(33)23-29-10-6-21(30-23)16-13-18(26)19(27)14-17(16)25/h3-6,9-10,13-15,22H,2,7-8,11-12H2,1H3,(H,31,33). The van der Waals surface area contributed by atoms with Crippen LogP contribution in [0.1, 0.15) is 48.4 Å². The summed E-state index contributed by atoms with van der Waals surface area (Å²) in [6, 6.07) is 8.44. The first kappa shape index (κ1) is 22.8. The van der Waals surface area contributed by atoms with Crippen molar-refractivity contribution in [3.8, 4) is 11.3 Å². The van der Waals surface area contributed by atoms with Crippen molar-refractivity contribution in [3.05, 3.63) is 77.8 Å². The molecule has 6 nitrogen and oxygen atoms in total. The predicted molar refractivity (Wildman–Crippen MR) is 117 cm³/mol. The van der Waals surface area contributed by atoms with Crippen molar-refractivity contribution in [2.45, 2.75) is 38.3 Å². The first-order valence-corrected chi connectivity index (χ1v) is 10.9. The lowest BCUT2D eigenvalue weighted by Crippen LogP contribution is -2.50. The van der Waals surface area contributed by atoms with Crippen molar-refractivity contribution in [2.24, 2.45) is 0 Å². The zero-order chi connectivity index (χ0) is 23.4. The molecule has 1 amide bonds. The van der Waals surface area contributed by atoms with Gasteiger partial charge in [-0.05, 0) is 43.5 Å². The molecule has 1 atom stereocenters. The van der Waals surface area contributed by atoms with E-state index in [1.54, 1.807) is 6.20 Å². The van der Waals surface area contributed by atoms with E-state index in [4.69, 9.17) is 0 Å². The SMILES string of the molecule is CCC(NC(=O)c1nccc(-c2cc(F)c(F)cc2F)n1)N1CCC(c2ccccn2)CC1. The molecule has 1 aromatic carbocycles. The number of benzene rings is 1. The van der Waals surface area contributed by atoms with Crippen molar-refractivity contribution >= 4 is 5.91 Å². The maximum Gasteiger partial charge on any atom is 0.290 e. The number of halogens is 3. The summed E-state index contributed by atoms with van der Waals surface area (Å²) in [6.07, 6.45) is 5.43. The van der Waals surface area contributed by atoms with Gasteiger partial charge in [-0.25, -0.2) is 23.1 Å². The van der Waals surface area contributed by atoms with E-state index < -0.39 is 23.4 Å². The number of piperidine rings is 1. The van der Waals surface area contributed by atoms with Crippen molar-refractivity contribution in [2.75, 3.05) is 13.1 Å². The third kappa shape index (κ3) is 5.19. The molecule has 4 rings (SSSR count). The molecule has 0 radical (unpaired) electrons. The molecule has 9 heteroatoms. The molecule has 33 heavy (non-hydrogen) atoms. The Morgan fingerprint density at radius 1 is 1.06 bits per heavy atom. The van der Waals surface area contributed by atoms with Gasteiger partial charge in [-0.2, -0.15) is 0 Å². The van der Waals surface area contributed by atoms with Gasteiger partial charge in [0.25, 0.3) is 5.91 Å². The van der Waals surface area contributed by atoms with Crippen LogP contribution in [0.2, 0.25) is 0 Å². The van der Waals surface area contributed by atoms with Crippen LogP contribution in [0, 0.1) is 17.5 Å². The van der Waals surface area contributed by atoms with Gasteiger partial charge in [0.15, 0.2) is 11.6 Å². The average molecular weight is 455 g/mol. The van der Waals surface area contributed by atoms with Gasteiger partial charge in [-0.1, -0.05) is 13.0 Å². The summed E-state index contributed by atoms with van der Waals surface area (Å²) in [5.74, 6) is -3.75. The van der Waals surface area contributed by atoms with Crippen molar-refractivity contribution in [3.63, 3.8) is 0 Å². The number of likely N-dealkylation sites (tertiary alicyclic amines) is 1. The molecule has 2 aromatic heterocycles. The Morgan fingerprint density at radius 3 is 2.52 bits per heavy atom. The molecule has 1 aliphatic heterocycles. The zero-order valence-corrected chi connectivity index (χ0v) is 18.1. The summed E-state index contributed by atoms with van der Waals surface area (Å²) in [5, 5.41) is 2.94. The summed E-state index contributed by atoms with van der Waals surface area (Å²) in [5.41, 5.74) is 0.841. The maximum atomic E-state index is 14.1. The van der Waals surface area contributed by atoms with Crippen molar-refractivity contribution in [1.29, 1.82) is 0 Å². The van der Waals surface area contributed by atoms with Gasteiger partial charge in [0, 0.05) is 48.7 Å². The Hall–Kier alpha value is -3.33. The van der Waals surface area contributed by atoms with Gasteiger partial charge in [-0.15, -0.1) is 0 Å². The van der Waals surface area contributed by atoms with Crippen LogP contribution >= 0.6 is 0 Å². The van der Waals surface area contributed by atoms with E-state index in [0.717, 1.165) is 37.7 Å². The highest BCUT2D eigenvalue weighted by Crippen LogP contribution is 2.27. The summed E-state index contributed by atoms with van der Waals surface area (Å²) in [7, 11) is 0. The fourth-order valence-electron chi connectivity index (χ4n) is 4.13. The third-order valence-electron chi connectivity index (χ3n) is 5.91. The van der Waals surface area contributed by atoms with Crippen LogP contribution < -0.4 is 5.32 Å². The van der Waals surface area contributed by atoms with Crippen molar-refractivity contribution < 1.29 is 18.0 Å². The predicted octanol–water partition coefficient (Wildman–Crippen LogP) is 4.30. The molecule has 172 valence electrons. The van der Waals surface area contributed by atoms with E-state index in [1.165, 1.54) is 12.3 Å². The van der Waals surface area contributed by atoms with Crippen molar-refractivity contribution in [1.82, 2.24) is 25.2 Å². The lowest BCUT2D eigenvalue weighted by molar-refractivity contribution is 0.0782. The molecule has 3 heterocycles. The van der Waals surface area contributed by atoms with E-state index in [2.05, 4.69) is 25.2 Å². The smallest absolute Gasteiger partial charge is 0.290 e. The highest BCUT2D eigenvalue weighted by molar-refractivity contribution is 5.91. The molecule has 1 fully saturated rings. The second-order valence-corrected chi connectivity index (χ2v) is 7.97. The molecular weight excluding hydrogens is 431 g/mol. The van der Waals surface area contributed by atoms with Gasteiger partial charge in [0.2, 0.25) is 5.82 Å². The number of hydrogen-bond donors (Lipinski definition) is 1. The number of hydrogen-bond acceptors (Lipinski definition) is 5. The molecule has 0 saturated carbocycles. The molecule has 0 spiro atoms. The quantitative estimate of drug-likeness (QED) is 0.561. The minimum absolute atomic E-state index is 0.00391. The largest absolute Gasteiger partial charge is 0.334 e. The van der Waals surface area contributed by atoms with E-state index >= 15 is 0 Å². The molecule has 1 saturated heterocycles. The first-order valence-electron chi connectivity index (χ1n) is 10.9. The first-order chi connectivity index (χ1) is 16.0. The third-order valence-corrected chi connectivity index (χ3v) is 5.91. The topological polar surface area (TPSA) is 71.0 Å². The number of rotatable bonds is 6. The number of carbonyl (C=O) groups is 1. The second kappa shape index (κ2) is 10.1. The second-order valence-electron chi connectivity index (χ2n) is 7.97. The lowest BCUT2D eigenvalue weighted by Gasteiger charge is -2.37. The number of amides is 1. The minimum Gasteiger partial charge on any atom is -0.334 e. The zero-order valence-electron chi connectivity index (χ0n) is 18.1. The van der Waals surface area contributed by atoms with E-state index in [0.29, 0.717) is 18.4 Å². The van der Waals surface area contributed by atoms with Crippen LogP contribution in [0.15, 0.2) is 48.8 Å². The number of aromatic nitrogens is 3. The van der Waals surface area contributed by atoms with Gasteiger partial charge >= 0.3 is 0 Å². The highest BCUT2D eigenvalue weighted by atomic mass is 19.2. The molecular formula is C24H24F3N5O. The maximum absolute atomic E-state index is 14.1. The summed E-state index contributed by atoms with van der Waals surface area (Å²) in [6.45, 7) is 3.59. The Balaban J connectivity index is 1.43. The Kier molecular flexibility index (Phi) is 6.98. The molecule has 0 aliphatic carbocycles. The Morgan fingerprint density at radius 2 is 1.82 bits per heavy atom. The number of pyridine rings is 1. The number of carbonyl (C=O) groups excluding carboxylic acids is 1. The van der Waals surface area contributed by atoms with Crippen LogP contribution in [0.5, 0.6) is 0 Å². The van der Waals surface area contributed by atoms with Crippen LogP contribution in [0.4, 0.5) is 13.2 Å². The monoisotopic (exact) mass is 455 g/mol. The molecule has 1 N–H and O–H groups in total. The van der Waals surface area contributed by atoms with Crippen LogP contribution in [-0.2, 0) is 0 Å². The van der Waals surface area contributed by atoms with E-state index in [9.17, 15) is 18.0 Å².